The standard InChI is InChI=1S/C23H25N5OS/c1-4-19-20(14-24)22(28-12-10-27(11-13-28)17(3)29)26-23(21(19)15-25)30-16(2)18-8-6-5-7-9-18/h5-9,16H,4,10-13H2,1-3H3. The molecule has 1 amide bonds. The van der Waals surface area contributed by atoms with E-state index in [4.69, 9.17) is 4.98 Å². The molecule has 1 aromatic heterocycles. The third kappa shape index (κ3) is 4.42. The number of carbonyl (C=O) groups is 1. The van der Waals surface area contributed by atoms with Gasteiger partial charge < -0.3 is 9.80 Å². The van der Waals surface area contributed by atoms with Crippen LogP contribution in [0.1, 0.15) is 48.3 Å². The maximum Gasteiger partial charge on any atom is 0.219 e. The highest BCUT2D eigenvalue weighted by Gasteiger charge is 2.27. The lowest BCUT2D eigenvalue weighted by Crippen LogP contribution is -2.48. The number of benzene rings is 1. The third-order valence-corrected chi connectivity index (χ3v) is 6.55. The monoisotopic (exact) mass is 419 g/mol. The first-order valence-corrected chi connectivity index (χ1v) is 11.0. The first-order valence-electron chi connectivity index (χ1n) is 10.1. The summed E-state index contributed by atoms with van der Waals surface area (Å²) in [6, 6.07) is 14.7. The molecule has 2 heterocycles. The molecule has 7 heteroatoms. The van der Waals surface area contributed by atoms with Crippen molar-refractivity contribution in [3.05, 3.63) is 52.6 Å². The Morgan fingerprint density at radius 1 is 1.13 bits per heavy atom. The molecule has 2 aromatic rings. The second kappa shape index (κ2) is 9.65. The molecule has 0 spiro atoms. The average molecular weight is 420 g/mol. The van der Waals surface area contributed by atoms with Crippen molar-refractivity contribution in [3.8, 4) is 12.1 Å². The maximum absolute atomic E-state index is 11.7. The zero-order valence-corrected chi connectivity index (χ0v) is 18.4. The molecule has 6 nitrogen and oxygen atoms in total. The summed E-state index contributed by atoms with van der Waals surface area (Å²) < 4.78 is 0. The minimum atomic E-state index is 0.0603. The molecule has 154 valence electrons. The van der Waals surface area contributed by atoms with Crippen LogP contribution in [0.4, 0.5) is 5.82 Å². The Bertz CT molecular complexity index is 1000. The maximum atomic E-state index is 11.7. The normalized spacial score (nSPS) is 14.7. The van der Waals surface area contributed by atoms with Gasteiger partial charge in [0.25, 0.3) is 0 Å². The van der Waals surface area contributed by atoms with E-state index in [0.29, 0.717) is 54.6 Å². The minimum Gasteiger partial charge on any atom is -0.352 e. The Morgan fingerprint density at radius 3 is 2.30 bits per heavy atom. The van der Waals surface area contributed by atoms with Crippen LogP contribution in [0.5, 0.6) is 0 Å². The summed E-state index contributed by atoms with van der Waals surface area (Å²) in [4.78, 5) is 20.4. The lowest BCUT2D eigenvalue weighted by Gasteiger charge is -2.35. The second-order valence-electron chi connectivity index (χ2n) is 7.21. The lowest BCUT2D eigenvalue weighted by molar-refractivity contribution is -0.129. The number of hydrogen-bond acceptors (Lipinski definition) is 6. The quantitative estimate of drug-likeness (QED) is 0.683. The molecule has 3 rings (SSSR count). The van der Waals surface area contributed by atoms with Gasteiger partial charge in [0.15, 0.2) is 0 Å². The fourth-order valence-corrected chi connectivity index (χ4v) is 4.74. The minimum absolute atomic E-state index is 0.0603. The van der Waals surface area contributed by atoms with Gasteiger partial charge in [0.1, 0.15) is 23.0 Å². The first-order chi connectivity index (χ1) is 14.5. The van der Waals surface area contributed by atoms with Gasteiger partial charge in [0.05, 0.1) is 11.1 Å². The van der Waals surface area contributed by atoms with Gasteiger partial charge in [-0.15, -0.1) is 0 Å². The molecule has 0 N–H and O–H groups in total. The van der Waals surface area contributed by atoms with Crippen molar-refractivity contribution in [1.29, 1.82) is 10.5 Å². The summed E-state index contributed by atoms with van der Waals surface area (Å²) in [5.74, 6) is 0.685. The summed E-state index contributed by atoms with van der Waals surface area (Å²) in [6.07, 6.45) is 0.585. The van der Waals surface area contributed by atoms with Crippen molar-refractivity contribution in [2.75, 3.05) is 31.1 Å². The number of carbonyl (C=O) groups excluding carboxylic acids is 1. The number of rotatable bonds is 5. The van der Waals surface area contributed by atoms with Crippen molar-refractivity contribution in [2.24, 2.45) is 0 Å². The molecule has 1 aliphatic rings. The van der Waals surface area contributed by atoms with E-state index in [1.54, 1.807) is 23.6 Å². The van der Waals surface area contributed by atoms with Gasteiger partial charge in [-0.1, -0.05) is 49.0 Å². The zero-order valence-electron chi connectivity index (χ0n) is 17.6. The van der Waals surface area contributed by atoms with E-state index in [1.165, 1.54) is 0 Å². The molecule has 1 aromatic carbocycles. The van der Waals surface area contributed by atoms with Crippen LogP contribution in [-0.4, -0.2) is 42.0 Å². The van der Waals surface area contributed by atoms with Crippen LogP contribution < -0.4 is 4.90 Å². The van der Waals surface area contributed by atoms with Crippen LogP contribution >= 0.6 is 11.8 Å². The highest BCUT2D eigenvalue weighted by molar-refractivity contribution is 7.99. The van der Waals surface area contributed by atoms with E-state index >= 15 is 0 Å². The van der Waals surface area contributed by atoms with Gasteiger partial charge in [-0.2, -0.15) is 10.5 Å². The number of pyridine rings is 1. The predicted molar refractivity (Wildman–Crippen MR) is 118 cm³/mol. The van der Waals surface area contributed by atoms with Crippen LogP contribution in [0.25, 0.3) is 0 Å². The topological polar surface area (TPSA) is 84.0 Å². The largest absolute Gasteiger partial charge is 0.352 e. The van der Waals surface area contributed by atoms with Crippen LogP contribution in [-0.2, 0) is 11.2 Å². The van der Waals surface area contributed by atoms with Crippen molar-refractivity contribution < 1.29 is 4.79 Å². The van der Waals surface area contributed by atoms with Crippen molar-refractivity contribution in [2.45, 2.75) is 37.5 Å². The van der Waals surface area contributed by atoms with E-state index in [1.807, 2.05) is 25.1 Å². The van der Waals surface area contributed by atoms with E-state index in [2.05, 4.69) is 36.1 Å². The Morgan fingerprint density at radius 2 is 1.77 bits per heavy atom. The highest BCUT2D eigenvalue weighted by atomic mass is 32.2. The zero-order chi connectivity index (χ0) is 21.7. The van der Waals surface area contributed by atoms with Crippen LogP contribution in [0.3, 0.4) is 0 Å². The highest BCUT2D eigenvalue weighted by Crippen LogP contribution is 2.39. The van der Waals surface area contributed by atoms with Gasteiger partial charge in [0, 0.05) is 38.4 Å². The summed E-state index contributed by atoms with van der Waals surface area (Å²) in [5, 5.41) is 20.5. The number of nitrogens with zero attached hydrogens (tertiary/aromatic N) is 5. The van der Waals surface area contributed by atoms with Gasteiger partial charge in [-0.05, 0) is 24.5 Å². The Balaban J connectivity index is 2.01. The molecule has 0 bridgehead atoms. The van der Waals surface area contributed by atoms with Crippen molar-refractivity contribution >= 4 is 23.5 Å². The Labute approximate surface area is 182 Å². The van der Waals surface area contributed by atoms with Crippen LogP contribution in [0.15, 0.2) is 35.4 Å². The number of amides is 1. The van der Waals surface area contributed by atoms with Gasteiger partial charge >= 0.3 is 0 Å². The summed E-state index contributed by atoms with van der Waals surface area (Å²) in [5.41, 5.74) is 2.88. The number of anilines is 1. The fraction of sp³-hybridized carbons (Fsp3) is 0.391. The second-order valence-corrected chi connectivity index (χ2v) is 8.54. The Hall–Kier alpha value is -3.03. The molecular formula is C23H25N5OS. The average Bonchev–Trinajstić information content (AvgIpc) is 2.78. The summed E-state index contributed by atoms with van der Waals surface area (Å²) >= 11 is 1.55. The third-order valence-electron chi connectivity index (χ3n) is 5.41. The van der Waals surface area contributed by atoms with Crippen LogP contribution in [0, 0.1) is 22.7 Å². The number of aromatic nitrogens is 1. The molecule has 1 unspecified atom stereocenters. The Kier molecular flexibility index (Phi) is 6.97. The molecule has 1 atom stereocenters. The molecule has 0 aliphatic carbocycles. The number of nitriles is 2. The van der Waals surface area contributed by atoms with E-state index in [-0.39, 0.29) is 11.2 Å². The smallest absolute Gasteiger partial charge is 0.219 e. The van der Waals surface area contributed by atoms with Crippen molar-refractivity contribution in [3.63, 3.8) is 0 Å². The first kappa shape index (κ1) is 21.7. The molecule has 1 saturated heterocycles. The van der Waals surface area contributed by atoms with E-state index < -0.39 is 0 Å². The van der Waals surface area contributed by atoms with Crippen molar-refractivity contribution in [1.82, 2.24) is 9.88 Å². The van der Waals surface area contributed by atoms with E-state index in [0.717, 1.165) is 11.1 Å². The van der Waals surface area contributed by atoms with Gasteiger partial charge in [-0.25, -0.2) is 4.98 Å². The molecule has 30 heavy (non-hydrogen) atoms. The number of piperazine rings is 1. The molecule has 0 radical (unpaired) electrons. The fourth-order valence-electron chi connectivity index (χ4n) is 3.69. The van der Waals surface area contributed by atoms with E-state index in [9.17, 15) is 15.3 Å². The summed E-state index contributed by atoms with van der Waals surface area (Å²) in [7, 11) is 0. The molecule has 1 fully saturated rings. The summed E-state index contributed by atoms with van der Waals surface area (Å²) in [6.45, 7) is 8.08. The lowest BCUT2D eigenvalue weighted by atomic mass is 10.0. The van der Waals surface area contributed by atoms with Crippen LogP contribution in [0.2, 0.25) is 0 Å². The predicted octanol–water partition coefficient (Wildman–Crippen LogP) is 3.91. The van der Waals surface area contributed by atoms with Gasteiger partial charge in [-0.3, -0.25) is 4.79 Å². The number of thioether (sulfide) groups is 1. The molecule has 0 saturated carbocycles. The van der Waals surface area contributed by atoms with Gasteiger partial charge in [0.2, 0.25) is 5.91 Å². The molecular weight excluding hydrogens is 394 g/mol. The molecule has 1 aliphatic heterocycles. The SMILES string of the molecule is CCc1c(C#N)c(SC(C)c2ccccc2)nc(N2CCN(C(C)=O)CC2)c1C#N. The number of hydrogen-bond donors (Lipinski definition) is 0.